The fourth-order valence-electron chi connectivity index (χ4n) is 13.3. The molecule has 15 N–H and O–H groups in total. The first-order valence-electron chi connectivity index (χ1n) is 35.1. The molecule has 0 saturated carbocycles. The molecule has 106 heavy (non-hydrogen) atoms. The van der Waals surface area contributed by atoms with Crippen LogP contribution in [-0.4, -0.2) is 161 Å². The van der Waals surface area contributed by atoms with E-state index >= 15 is 9.59 Å². The minimum absolute atomic E-state index is 0.00762. The summed E-state index contributed by atoms with van der Waals surface area (Å²) in [5, 5.41) is 44.5. The minimum atomic E-state index is -4.33. The molecule has 9 amide bonds. The van der Waals surface area contributed by atoms with Crippen molar-refractivity contribution in [2.24, 2.45) is 5.73 Å². The number of aromatic nitrogens is 1. The van der Waals surface area contributed by atoms with Crippen molar-refractivity contribution in [1.82, 2.24) is 57.6 Å². The van der Waals surface area contributed by atoms with Crippen molar-refractivity contribution >= 4 is 97.8 Å². The van der Waals surface area contributed by atoms with E-state index < -0.39 is 166 Å². The van der Waals surface area contributed by atoms with E-state index in [9.17, 15) is 51.9 Å². The van der Waals surface area contributed by atoms with Gasteiger partial charge >= 0.3 is 5.97 Å². The predicted octanol–water partition coefficient (Wildman–Crippen LogP) is 4.62. The third kappa shape index (κ3) is 21.2. The molecule has 0 bridgehead atoms. The third-order valence-electron chi connectivity index (χ3n) is 18.4. The molecule has 30 heteroatoms. The number of carbonyl (C=O) groups excluding carboxylic acids is 9. The average Bonchev–Trinajstić information content (AvgIpc) is 1.26. The molecule has 568 valence electrons. The number of amides is 9. The molecule has 0 radical (unpaired) electrons. The Morgan fingerprint density at radius 2 is 1.30 bits per heavy atom. The number of nitrogens with one attached hydrogen (secondary N) is 12. The lowest BCUT2D eigenvalue weighted by Gasteiger charge is -2.37. The second-order valence-corrected chi connectivity index (χ2v) is 31.1. The highest BCUT2D eigenvalue weighted by atomic mass is 32.2. The number of aliphatic carboxylic acids is 1. The number of ether oxygens (including phenoxy) is 2. The van der Waals surface area contributed by atoms with E-state index in [4.69, 9.17) is 20.6 Å². The normalized spacial score (nSPS) is 19.7. The largest absolute Gasteiger partial charge is 0.487 e. The van der Waals surface area contributed by atoms with E-state index in [2.05, 4.69) is 57.6 Å². The van der Waals surface area contributed by atoms with Crippen LogP contribution in [0.25, 0.3) is 10.9 Å². The highest BCUT2D eigenvalue weighted by Gasteiger charge is 2.42. The summed E-state index contributed by atoms with van der Waals surface area (Å²) < 4.78 is 42.6. The number of benzene rings is 5. The van der Waals surface area contributed by atoms with Crippen molar-refractivity contribution in [3.05, 3.63) is 166 Å². The number of thioether (sulfide) groups is 1. The Morgan fingerprint density at radius 1 is 0.745 bits per heavy atom. The van der Waals surface area contributed by atoms with Crippen LogP contribution in [0, 0.1) is 26.2 Å². The average molecular weight is 1500 g/mol. The van der Waals surface area contributed by atoms with E-state index in [1.807, 2.05) is 105 Å². The van der Waals surface area contributed by atoms with Gasteiger partial charge in [-0.2, -0.15) is 11.8 Å². The van der Waals surface area contributed by atoms with Gasteiger partial charge in [-0.15, -0.1) is 0 Å². The maximum Gasteiger partial charge on any atom is 0.327 e. The summed E-state index contributed by atoms with van der Waals surface area (Å²) in [7, 11) is -4.33. The van der Waals surface area contributed by atoms with Gasteiger partial charge in [0.25, 0.3) is 10.0 Å². The Morgan fingerprint density at radius 3 is 1.89 bits per heavy atom. The van der Waals surface area contributed by atoms with Crippen LogP contribution in [0.5, 0.6) is 5.75 Å². The summed E-state index contributed by atoms with van der Waals surface area (Å²) >= 11 is 0.933. The zero-order chi connectivity index (χ0) is 77.4. The second-order valence-electron chi connectivity index (χ2n) is 28.3. The number of carbonyl (C=O) groups is 10. The Hall–Kier alpha value is -10.3. The summed E-state index contributed by atoms with van der Waals surface area (Å²) in [6, 6.07) is 23.5. The molecule has 0 spiro atoms. The van der Waals surface area contributed by atoms with Crippen molar-refractivity contribution in [1.29, 1.82) is 5.41 Å². The van der Waals surface area contributed by atoms with Gasteiger partial charge in [0, 0.05) is 67.6 Å². The first-order valence-corrected chi connectivity index (χ1v) is 37.8. The number of primary amides is 1. The van der Waals surface area contributed by atoms with Crippen molar-refractivity contribution in [2.45, 2.75) is 197 Å². The van der Waals surface area contributed by atoms with Crippen LogP contribution in [0.2, 0.25) is 0 Å². The molecule has 1 fully saturated rings. The van der Waals surface area contributed by atoms with Gasteiger partial charge < -0.3 is 73.1 Å². The summed E-state index contributed by atoms with van der Waals surface area (Å²) in [5.41, 5.74) is 8.37. The van der Waals surface area contributed by atoms with E-state index in [1.165, 1.54) is 6.92 Å². The van der Waals surface area contributed by atoms with Crippen LogP contribution in [0.15, 0.2) is 126 Å². The molecule has 6 aromatic rings. The second kappa shape index (κ2) is 35.6. The number of hydrogen-bond acceptors (Lipinski definition) is 16. The molecule has 28 nitrogen and oxygen atoms in total. The quantitative estimate of drug-likeness (QED) is 0.0170. The molecule has 8 rings (SSSR count). The minimum Gasteiger partial charge on any atom is -0.487 e. The molecular formula is C76H97N13O15S2. The highest BCUT2D eigenvalue weighted by molar-refractivity contribution is 7.99. The maximum absolute atomic E-state index is 15.3. The lowest BCUT2D eigenvalue weighted by molar-refractivity contribution is -0.142. The number of H-pyrrole nitrogens is 1. The zero-order valence-corrected chi connectivity index (χ0v) is 62.8. The van der Waals surface area contributed by atoms with Crippen LogP contribution in [-0.2, 0) is 81.1 Å². The van der Waals surface area contributed by atoms with Crippen LogP contribution in [0.4, 0.5) is 0 Å². The predicted molar refractivity (Wildman–Crippen MR) is 400 cm³/mol. The Kier molecular flexibility index (Phi) is 27.3. The van der Waals surface area contributed by atoms with Gasteiger partial charge in [-0.1, -0.05) is 109 Å². The van der Waals surface area contributed by atoms with Crippen LogP contribution in [0.1, 0.15) is 138 Å². The van der Waals surface area contributed by atoms with Gasteiger partial charge in [-0.25, -0.2) is 17.9 Å². The molecule has 3 heterocycles. The summed E-state index contributed by atoms with van der Waals surface area (Å²) in [5.74, 6) is -10.1. The van der Waals surface area contributed by atoms with Gasteiger partial charge in [0.05, 0.1) is 16.6 Å². The van der Waals surface area contributed by atoms with E-state index in [0.717, 1.165) is 24.2 Å². The number of carboxylic acid groups (broad SMARTS) is 1. The first-order chi connectivity index (χ1) is 50.1. The number of sulfonamides is 1. The Balaban J connectivity index is 1.10. The lowest BCUT2D eigenvalue weighted by atomic mass is 9.77. The molecule has 0 unspecified atom stereocenters. The number of fused-ring (bicyclic) bond motifs is 2. The summed E-state index contributed by atoms with van der Waals surface area (Å²) in [6.45, 7) is 16.5. The number of rotatable bonds is 24. The molecule has 1 aromatic heterocycles. The van der Waals surface area contributed by atoms with Crippen molar-refractivity contribution in [2.75, 3.05) is 18.1 Å². The van der Waals surface area contributed by atoms with Crippen molar-refractivity contribution in [3.63, 3.8) is 0 Å². The van der Waals surface area contributed by atoms with Crippen LogP contribution >= 0.6 is 11.8 Å². The lowest BCUT2D eigenvalue weighted by Crippen LogP contribution is -2.62. The van der Waals surface area contributed by atoms with E-state index in [-0.39, 0.29) is 48.6 Å². The van der Waals surface area contributed by atoms with Crippen molar-refractivity contribution < 1.29 is 70.9 Å². The van der Waals surface area contributed by atoms with E-state index in [0.29, 0.717) is 62.0 Å². The van der Waals surface area contributed by atoms with Crippen molar-refractivity contribution in [3.8, 4) is 5.75 Å². The molecule has 0 aliphatic carbocycles. The Bertz CT molecular complexity index is 4250. The molecule has 5 aromatic carbocycles. The first kappa shape index (κ1) is 81.3. The number of aromatic amines is 1. The Labute approximate surface area is 621 Å². The third-order valence-corrected chi connectivity index (χ3v) is 21.1. The SMILES string of the molecule is CC(=O)N[C@H](CCCNC(=N)NS(=O)(=O)c1c(C)c(C)c2c(c1C)CC(C)(C)O2)C(=O)N[C@H]1CCSC[C@@H](C(=O)O)NC(=O)[C@H](CCC(=O)NC(c2ccccc2)(c2ccccc2)c2ccccc2)NC(=O)[C@H](Cc2c[nH]c3ccccc23)NC(=O)[C@H]([C@@H](C)OC(C)(C)C)NC(=O)[C@H](CCC(N)=O)NC1=O. The fraction of sp³-hybridized carbons (Fsp3) is 0.434. The fourth-order valence-corrected chi connectivity index (χ4v) is 15.8. The zero-order valence-electron chi connectivity index (χ0n) is 61.2. The standard InChI is InChI=1S/C76H97N13O15S2/c1-43-44(2)65(45(3)53-40-75(9,10)104-64(43)53)106(101,102)89-73(78)79-37-22-31-55(81-47(5)90)66(93)84-58-36-38-105-42-60(72(99)100)86-67(94)57(33-35-62(92)88-76(49-23-14-11-15-24-49,50-25-16-12-17-26-50)51-27-18-13-19-28-51)83-70(97)59(39-48-41-80-54-30-21-20-29-52(48)54)85-71(98)63(46(4)103-74(6,7)8)87-69(96)56(82-68(58)95)32-34-61(77)91/h11-21,23-30,41,46,55-60,63,80H,22,31-40,42H2,1-10H3,(H2,77,91)(H,81,90)(H,82,95)(H,83,97)(H,84,93)(H,85,98)(H,86,94)(H,87,96)(H,88,92)(H,99,100)(H3,78,79,89)/t46-,55-,56+,57+,58+,59+,60+,63+/m1/s1. The summed E-state index contributed by atoms with van der Waals surface area (Å²) in [6.07, 6.45) is -1.62. The van der Waals surface area contributed by atoms with Crippen LogP contribution in [0.3, 0.4) is 0 Å². The molecule has 1 saturated heterocycles. The summed E-state index contributed by atoms with van der Waals surface area (Å²) in [4.78, 5) is 147. The topological polar surface area (TPSA) is 429 Å². The molecule has 2 aliphatic heterocycles. The number of hydrogen-bond donors (Lipinski definition) is 14. The maximum atomic E-state index is 15.3. The van der Waals surface area contributed by atoms with Gasteiger partial charge in [-0.05, 0) is 145 Å². The van der Waals surface area contributed by atoms with Gasteiger partial charge in [0.1, 0.15) is 59.2 Å². The van der Waals surface area contributed by atoms with Gasteiger partial charge in [-0.3, -0.25) is 48.6 Å². The van der Waals surface area contributed by atoms with E-state index in [1.54, 1.807) is 72.0 Å². The number of carboxylic acids is 1. The monoisotopic (exact) mass is 1500 g/mol. The number of nitrogens with two attached hydrogens (primary N) is 1. The highest BCUT2D eigenvalue weighted by Crippen LogP contribution is 2.44. The number of para-hydroxylation sites is 1. The molecule has 8 atom stereocenters. The molecular weight excluding hydrogens is 1400 g/mol. The molecule has 2 aliphatic rings. The van der Waals surface area contributed by atoms with Crippen LogP contribution < -0.4 is 63.0 Å². The van der Waals surface area contributed by atoms with Gasteiger partial charge in [0.2, 0.25) is 59.1 Å². The number of guanidine groups is 1. The van der Waals surface area contributed by atoms with Gasteiger partial charge in [0.15, 0.2) is 0 Å². The smallest absolute Gasteiger partial charge is 0.327 e.